The van der Waals surface area contributed by atoms with Crippen LogP contribution in [-0.4, -0.2) is 47.4 Å². The summed E-state index contributed by atoms with van der Waals surface area (Å²) in [4.78, 5) is 24.5. The van der Waals surface area contributed by atoms with Gasteiger partial charge in [-0.25, -0.2) is 0 Å². The Morgan fingerprint density at radius 3 is 1.16 bits per heavy atom. The summed E-state index contributed by atoms with van der Waals surface area (Å²) < 4.78 is 5.47. The zero-order valence-corrected chi connectivity index (χ0v) is 41.2. The van der Waals surface area contributed by atoms with Crippen LogP contribution in [0.25, 0.3) is 0 Å². The average Bonchev–Trinajstić information content (AvgIpc) is 3.26. The lowest BCUT2D eigenvalue weighted by molar-refractivity contribution is -0.143. The maximum Gasteiger partial charge on any atom is 0.305 e. The maximum absolute atomic E-state index is 12.5. The number of esters is 1. The van der Waals surface area contributed by atoms with E-state index in [1.54, 1.807) is 0 Å². The molecular formula is C55H107NO5. The van der Waals surface area contributed by atoms with Crippen molar-refractivity contribution in [2.24, 2.45) is 0 Å². The standard InChI is InChI=1S/C55H107NO5/c1-3-5-7-9-11-13-15-17-19-20-21-22-24-26-28-33-37-41-45-49-55(60)61-50-46-42-38-34-30-29-32-36-40-44-48-54(59)56-52(51-57)53(58)47-43-39-35-31-27-25-23-18-16-14-12-10-8-6-4-2/h17,19,52-53,57-58H,3-16,18,20-51H2,1-2H3,(H,56,59)/b19-17-. The highest BCUT2D eigenvalue weighted by molar-refractivity contribution is 5.76. The van der Waals surface area contributed by atoms with E-state index >= 15 is 0 Å². The number of rotatable bonds is 51. The first-order valence-corrected chi connectivity index (χ1v) is 27.4. The van der Waals surface area contributed by atoms with Gasteiger partial charge in [0.05, 0.1) is 25.4 Å². The van der Waals surface area contributed by atoms with Gasteiger partial charge in [0.15, 0.2) is 0 Å². The van der Waals surface area contributed by atoms with Crippen LogP contribution in [0.2, 0.25) is 0 Å². The Hall–Kier alpha value is -1.40. The van der Waals surface area contributed by atoms with Crippen LogP contribution in [0.15, 0.2) is 12.2 Å². The molecule has 0 aliphatic carbocycles. The molecule has 0 aromatic rings. The van der Waals surface area contributed by atoms with Crippen LogP contribution in [0.3, 0.4) is 0 Å². The summed E-state index contributed by atoms with van der Waals surface area (Å²) in [5.74, 6) is -0.0746. The highest BCUT2D eigenvalue weighted by Gasteiger charge is 2.20. The van der Waals surface area contributed by atoms with Gasteiger partial charge < -0.3 is 20.3 Å². The molecule has 6 nitrogen and oxygen atoms in total. The van der Waals surface area contributed by atoms with E-state index in [9.17, 15) is 19.8 Å². The fraction of sp³-hybridized carbons (Fsp3) is 0.927. The number of hydrogen-bond acceptors (Lipinski definition) is 5. The van der Waals surface area contributed by atoms with E-state index in [0.717, 1.165) is 57.8 Å². The smallest absolute Gasteiger partial charge is 0.305 e. The van der Waals surface area contributed by atoms with E-state index in [2.05, 4.69) is 31.3 Å². The van der Waals surface area contributed by atoms with Gasteiger partial charge >= 0.3 is 5.97 Å². The van der Waals surface area contributed by atoms with Crippen LogP contribution in [0.4, 0.5) is 0 Å². The second-order valence-corrected chi connectivity index (χ2v) is 18.9. The van der Waals surface area contributed by atoms with Gasteiger partial charge in [-0.15, -0.1) is 0 Å². The fourth-order valence-electron chi connectivity index (χ4n) is 8.58. The summed E-state index contributed by atoms with van der Waals surface area (Å²) in [5, 5.41) is 23.2. The summed E-state index contributed by atoms with van der Waals surface area (Å²) in [6, 6.07) is -0.557. The van der Waals surface area contributed by atoms with Crippen LogP contribution < -0.4 is 5.32 Å². The number of carbonyl (C=O) groups excluding carboxylic acids is 2. The van der Waals surface area contributed by atoms with Gasteiger partial charge in [-0.3, -0.25) is 9.59 Å². The second kappa shape index (κ2) is 51.2. The van der Waals surface area contributed by atoms with E-state index < -0.39 is 12.1 Å². The maximum atomic E-state index is 12.5. The van der Waals surface area contributed by atoms with Gasteiger partial charge in [0, 0.05) is 12.8 Å². The average molecular weight is 862 g/mol. The predicted octanol–water partition coefficient (Wildman–Crippen LogP) is 16.5. The van der Waals surface area contributed by atoms with E-state index in [0.29, 0.717) is 25.9 Å². The minimum absolute atomic E-state index is 0.0186. The molecule has 0 heterocycles. The Balaban J connectivity index is 3.45. The van der Waals surface area contributed by atoms with Crippen molar-refractivity contribution in [2.45, 2.75) is 315 Å². The molecule has 6 heteroatoms. The van der Waals surface area contributed by atoms with Crippen LogP contribution >= 0.6 is 0 Å². The molecule has 0 bridgehead atoms. The Kier molecular flexibility index (Phi) is 50.1. The summed E-state index contributed by atoms with van der Waals surface area (Å²) in [6.45, 7) is 4.91. The third-order valence-corrected chi connectivity index (χ3v) is 12.8. The molecule has 0 aromatic carbocycles. The quantitative estimate of drug-likeness (QED) is 0.0322. The van der Waals surface area contributed by atoms with Crippen molar-refractivity contribution in [2.75, 3.05) is 13.2 Å². The van der Waals surface area contributed by atoms with Gasteiger partial charge in [0.1, 0.15) is 0 Å². The highest BCUT2D eigenvalue weighted by atomic mass is 16.5. The number of aliphatic hydroxyl groups excluding tert-OH is 2. The van der Waals surface area contributed by atoms with E-state index in [-0.39, 0.29) is 18.5 Å². The van der Waals surface area contributed by atoms with E-state index in [4.69, 9.17) is 4.74 Å². The van der Waals surface area contributed by atoms with Crippen molar-refractivity contribution in [3.8, 4) is 0 Å². The molecule has 0 spiro atoms. The van der Waals surface area contributed by atoms with Crippen molar-refractivity contribution in [1.29, 1.82) is 0 Å². The van der Waals surface area contributed by atoms with E-state index in [1.165, 1.54) is 212 Å². The summed E-state index contributed by atoms with van der Waals surface area (Å²) >= 11 is 0. The lowest BCUT2D eigenvalue weighted by Crippen LogP contribution is -2.45. The molecule has 0 rings (SSSR count). The number of ether oxygens (including phenoxy) is 1. The van der Waals surface area contributed by atoms with Crippen LogP contribution in [0.1, 0.15) is 303 Å². The molecule has 2 unspecified atom stereocenters. The topological polar surface area (TPSA) is 95.9 Å². The monoisotopic (exact) mass is 862 g/mol. The van der Waals surface area contributed by atoms with Gasteiger partial charge in [-0.05, 0) is 51.4 Å². The number of nitrogens with one attached hydrogen (secondary N) is 1. The van der Waals surface area contributed by atoms with Gasteiger partial charge in [-0.1, -0.05) is 251 Å². The van der Waals surface area contributed by atoms with Crippen LogP contribution in [0, 0.1) is 0 Å². The molecule has 3 N–H and O–H groups in total. The first kappa shape index (κ1) is 59.6. The zero-order valence-electron chi connectivity index (χ0n) is 41.2. The molecule has 0 aliphatic rings. The lowest BCUT2D eigenvalue weighted by Gasteiger charge is -2.22. The number of amides is 1. The zero-order chi connectivity index (χ0) is 44.4. The first-order chi connectivity index (χ1) is 30.0. The SMILES string of the molecule is CCCCCCCC/C=C\CCCCCCCCCCCC(=O)OCCCCCCCCCCCCC(=O)NC(CO)C(O)CCCCCCCCCCCCCCCCC. The minimum Gasteiger partial charge on any atom is -0.466 e. The molecule has 2 atom stereocenters. The van der Waals surface area contributed by atoms with Crippen molar-refractivity contribution in [1.82, 2.24) is 5.32 Å². The van der Waals surface area contributed by atoms with E-state index in [1.807, 2.05) is 0 Å². The van der Waals surface area contributed by atoms with Gasteiger partial charge in [0.2, 0.25) is 5.91 Å². The van der Waals surface area contributed by atoms with Crippen LogP contribution in [-0.2, 0) is 14.3 Å². The Morgan fingerprint density at radius 2 is 0.770 bits per heavy atom. The third kappa shape index (κ3) is 47.9. The normalized spacial score (nSPS) is 12.7. The number of carbonyl (C=O) groups is 2. The molecule has 0 saturated heterocycles. The molecule has 0 aliphatic heterocycles. The Bertz CT molecular complexity index is 909. The second-order valence-electron chi connectivity index (χ2n) is 18.9. The molecule has 362 valence electrons. The minimum atomic E-state index is -0.678. The van der Waals surface area contributed by atoms with Crippen LogP contribution in [0.5, 0.6) is 0 Å². The summed E-state index contributed by atoms with van der Waals surface area (Å²) in [6.07, 6.45) is 59.0. The largest absolute Gasteiger partial charge is 0.466 e. The predicted molar refractivity (Wildman–Crippen MR) is 264 cm³/mol. The van der Waals surface area contributed by atoms with Crippen molar-refractivity contribution in [3.05, 3.63) is 12.2 Å². The van der Waals surface area contributed by atoms with Crippen molar-refractivity contribution >= 4 is 11.9 Å². The molecule has 0 fully saturated rings. The van der Waals surface area contributed by atoms with Crippen molar-refractivity contribution < 1.29 is 24.5 Å². The lowest BCUT2D eigenvalue weighted by atomic mass is 10.0. The Morgan fingerprint density at radius 1 is 0.443 bits per heavy atom. The van der Waals surface area contributed by atoms with Crippen molar-refractivity contribution in [3.63, 3.8) is 0 Å². The fourth-order valence-corrected chi connectivity index (χ4v) is 8.58. The molecule has 0 saturated carbocycles. The molecular weight excluding hydrogens is 755 g/mol. The van der Waals surface area contributed by atoms with Gasteiger partial charge in [-0.2, -0.15) is 0 Å². The summed E-state index contributed by atoms with van der Waals surface area (Å²) in [7, 11) is 0. The molecule has 0 radical (unpaired) electrons. The Labute approximate surface area is 380 Å². The summed E-state index contributed by atoms with van der Waals surface area (Å²) in [5.41, 5.74) is 0. The first-order valence-electron chi connectivity index (χ1n) is 27.4. The number of unbranched alkanes of at least 4 members (excludes halogenated alkanes) is 38. The number of allylic oxidation sites excluding steroid dienone is 2. The molecule has 0 aromatic heterocycles. The molecule has 1 amide bonds. The number of aliphatic hydroxyl groups is 2. The van der Waals surface area contributed by atoms with Gasteiger partial charge in [0.25, 0.3) is 0 Å². The number of hydrogen-bond donors (Lipinski definition) is 3. The highest BCUT2D eigenvalue weighted by Crippen LogP contribution is 2.17. The third-order valence-electron chi connectivity index (χ3n) is 12.8. The molecule has 61 heavy (non-hydrogen) atoms.